The van der Waals surface area contributed by atoms with Crippen molar-refractivity contribution in [2.75, 3.05) is 7.05 Å². The minimum absolute atomic E-state index is 0.456. The molecule has 1 N–H and O–H groups in total. The molecule has 0 aliphatic heterocycles. The summed E-state index contributed by atoms with van der Waals surface area (Å²) in [7, 11) is 2.00. The molecule has 0 aromatic heterocycles. The van der Waals surface area contributed by atoms with Gasteiger partial charge in [-0.1, -0.05) is 35.4 Å². The Balaban J connectivity index is 2.37. The Morgan fingerprint density at radius 1 is 1.33 bits per heavy atom. The largest absolute Gasteiger partial charge is 0.314 e. The molecular weight excluding hydrogens is 206 g/mol. The van der Waals surface area contributed by atoms with Crippen molar-refractivity contribution in [3.63, 3.8) is 0 Å². The maximum atomic E-state index is 6.16. The fourth-order valence-corrected chi connectivity index (χ4v) is 2.32. The summed E-state index contributed by atoms with van der Waals surface area (Å²) in [5.41, 5.74) is 4.05. The van der Waals surface area contributed by atoms with Crippen LogP contribution >= 0.6 is 11.6 Å². The summed E-state index contributed by atoms with van der Waals surface area (Å²) in [5.74, 6) is 0. The number of benzene rings is 1. The zero-order chi connectivity index (χ0) is 10.8. The molecule has 1 aromatic rings. The molecule has 15 heavy (non-hydrogen) atoms. The summed E-state index contributed by atoms with van der Waals surface area (Å²) in [6.07, 6.45) is 4.44. The summed E-state index contributed by atoms with van der Waals surface area (Å²) in [4.78, 5) is 0. The lowest BCUT2D eigenvalue weighted by Gasteiger charge is -2.21. The molecular formula is C13H16ClN. The van der Waals surface area contributed by atoms with Crippen LogP contribution in [0, 0.1) is 0 Å². The third-order valence-corrected chi connectivity index (χ3v) is 3.50. The van der Waals surface area contributed by atoms with Gasteiger partial charge in [-0.15, -0.1) is 0 Å². The van der Waals surface area contributed by atoms with Gasteiger partial charge in [0.15, 0.2) is 0 Å². The molecule has 1 aromatic carbocycles. The van der Waals surface area contributed by atoms with E-state index in [4.69, 9.17) is 11.6 Å². The highest BCUT2D eigenvalue weighted by molar-refractivity contribution is 6.31. The summed E-state index contributed by atoms with van der Waals surface area (Å²) < 4.78 is 0. The second kappa shape index (κ2) is 4.38. The van der Waals surface area contributed by atoms with Crippen molar-refractivity contribution in [1.29, 1.82) is 0 Å². The van der Waals surface area contributed by atoms with E-state index in [0.29, 0.717) is 6.04 Å². The second-order valence-corrected chi connectivity index (χ2v) is 4.44. The number of likely N-dealkylation sites (N-methyl/N-ethyl adjacent to an activating group) is 1. The van der Waals surface area contributed by atoms with E-state index in [1.54, 1.807) is 0 Å². The molecule has 0 spiro atoms. The Kier molecular flexibility index (Phi) is 3.13. The molecule has 0 radical (unpaired) electrons. The van der Waals surface area contributed by atoms with E-state index < -0.39 is 0 Å². The van der Waals surface area contributed by atoms with Crippen LogP contribution in [0.4, 0.5) is 0 Å². The van der Waals surface area contributed by atoms with Crippen molar-refractivity contribution in [3.05, 3.63) is 39.9 Å². The van der Waals surface area contributed by atoms with E-state index in [1.807, 2.05) is 19.2 Å². The first-order chi connectivity index (χ1) is 7.22. The molecule has 2 heteroatoms. The van der Waals surface area contributed by atoms with Crippen molar-refractivity contribution >= 4 is 17.7 Å². The molecule has 1 aliphatic rings. The molecule has 1 atom stereocenters. The van der Waals surface area contributed by atoms with Crippen molar-refractivity contribution in [3.8, 4) is 0 Å². The van der Waals surface area contributed by atoms with Gasteiger partial charge in [0.1, 0.15) is 0 Å². The van der Waals surface area contributed by atoms with Gasteiger partial charge in [-0.05, 0) is 44.0 Å². The lowest BCUT2D eigenvalue weighted by Crippen LogP contribution is -2.24. The van der Waals surface area contributed by atoms with Crippen LogP contribution in [0.25, 0.3) is 6.08 Å². The minimum Gasteiger partial charge on any atom is -0.314 e. The monoisotopic (exact) mass is 221 g/mol. The Bertz CT molecular complexity index is 396. The second-order valence-electron chi connectivity index (χ2n) is 4.04. The van der Waals surface area contributed by atoms with Crippen LogP contribution in [-0.2, 0) is 6.42 Å². The highest BCUT2D eigenvalue weighted by Crippen LogP contribution is 2.30. The zero-order valence-corrected chi connectivity index (χ0v) is 9.93. The first-order valence-corrected chi connectivity index (χ1v) is 5.75. The van der Waals surface area contributed by atoms with E-state index in [2.05, 4.69) is 24.4 Å². The van der Waals surface area contributed by atoms with Gasteiger partial charge in [-0.3, -0.25) is 0 Å². The van der Waals surface area contributed by atoms with Gasteiger partial charge in [0, 0.05) is 11.1 Å². The first-order valence-electron chi connectivity index (χ1n) is 5.37. The van der Waals surface area contributed by atoms with Crippen LogP contribution in [0.5, 0.6) is 0 Å². The quantitative estimate of drug-likeness (QED) is 0.808. The average Bonchev–Trinajstić information content (AvgIpc) is 2.28. The predicted molar refractivity (Wildman–Crippen MR) is 66.3 cm³/mol. The molecule has 1 unspecified atom stereocenters. The Hall–Kier alpha value is -0.790. The molecule has 0 saturated carbocycles. The minimum atomic E-state index is 0.456. The molecule has 0 heterocycles. The fraction of sp³-hybridized carbons (Fsp3) is 0.385. The summed E-state index contributed by atoms with van der Waals surface area (Å²) >= 11 is 6.16. The first kappa shape index (κ1) is 10.7. The third-order valence-electron chi connectivity index (χ3n) is 3.15. The number of hydrogen-bond donors (Lipinski definition) is 1. The Morgan fingerprint density at radius 2 is 2.13 bits per heavy atom. The number of hydrogen-bond acceptors (Lipinski definition) is 1. The zero-order valence-electron chi connectivity index (χ0n) is 9.18. The van der Waals surface area contributed by atoms with Crippen LogP contribution in [0.15, 0.2) is 23.8 Å². The van der Waals surface area contributed by atoms with Gasteiger partial charge in [-0.25, -0.2) is 0 Å². The number of rotatable bonds is 2. The van der Waals surface area contributed by atoms with Gasteiger partial charge in [0.2, 0.25) is 0 Å². The van der Waals surface area contributed by atoms with Crippen molar-refractivity contribution < 1.29 is 0 Å². The van der Waals surface area contributed by atoms with Crippen LogP contribution in [0.1, 0.15) is 24.5 Å². The summed E-state index contributed by atoms with van der Waals surface area (Å²) in [6.45, 7) is 2.20. The maximum absolute atomic E-state index is 6.16. The van der Waals surface area contributed by atoms with Crippen LogP contribution in [0.3, 0.4) is 0 Å². The van der Waals surface area contributed by atoms with Gasteiger partial charge in [0.05, 0.1) is 0 Å². The van der Waals surface area contributed by atoms with Crippen molar-refractivity contribution in [2.45, 2.75) is 25.8 Å². The molecule has 0 fully saturated rings. The summed E-state index contributed by atoms with van der Waals surface area (Å²) in [5, 5.41) is 4.18. The molecule has 2 rings (SSSR count). The predicted octanol–water partition coefficient (Wildman–Crippen LogP) is 3.28. The normalized spacial score (nSPS) is 16.9. The number of nitrogens with one attached hydrogen (secondary N) is 1. The molecule has 0 bridgehead atoms. The van der Waals surface area contributed by atoms with Gasteiger partial charge < -0.3 is 5.32 Å². The maximum Gasteiger partial charge on any atom is 0.0444 e. The number of halogens is 1. The van der Waals surface area contributed by atoms with Crippen LogP contribution in [-0.4, -0.2) is 13.1 Å². The van der Waals surface area contributed by atoms with E-state index in [-0.39, 0.29) is 0 Å². The van der Waals surface area contributed by atoms with Crippen molar-refractivity contribution in [2.24, 2.45) is 0 Å². The highest BCUT2D eigenvalue weighted by atomic mass is 35.5. The molecule has 1 nitrogen and oxygen atoms in total. The molecule has 1 aliphatic carbocycles. The van der Waals surface area contributed by atoms with Gasteiger partial charge in [0.25, 0.3) is 0 Å². The highest BCUT2D eigenvalue weighted by Gasteiger charge is 2.15. The van der Waals surface area contributed by atoms with Crippen molar-refractivity contribution in [1.82, 2.24) is 5.32 Å². The lowest BCUT2D eigenvalue weighted by molar-refractivity contribution is 0.660. The topological polar surface area (TPSA) is 12.0 Å². The van der Waals surface area contributed by atoms with Gasteiger partial charge in [-0.2, -0.15) is 0 Å². The summed E-state index contributed by atoms with van der Waals surface area (Å²) in [6, 6.07) is 6.59. The molecule has 80 valence electrons. The Labute approximate surface area is 96.1 Å². The number of fused-ring (bicyclic) bond motifs is 1. The average molecular weight is 222 g/mol. The standard InChI is InChI=1S/C13H16ClN/c1-9(15-2)10-6-7-12-11(8-10)4-3-5-13(12)14/h3-5,8-9,15H,6-7H2,1-2H3. The van der Waals surface area contributed by atoms with E-state index in [9.17, 15) is 0 Å². The van der Waals surface area contributed by atoms with Gasteiger partial charge >= 0.3 is 0 Å². The SMILES string of the molecule is CNC(C)C1=Cc2cccc(Cl)c2CC1. The molecule has 0 amide bonds. The Morgan fingerprint density at radius 3 is 2.87 bits per heavy atom. The fourth-order valence-electron chi connectivity index (χ4n) is 2.04. The van der Waals surface area contributed by atoms with Crippen LogP contribution < -0.4 is 5.32 Å². The smallest absolute Gasteiger partial charge is 0.0444 e. The van der Waals surface area contributed by atoms with E-state index in [0.717, 1.165) is 17.9 Å². The lowest BCUT2D eigenvalue weighted by atomic mass is 9.89. The molecule has 0 saturated heterocycles. The third kappa shape index (κ3) is 2.09. The van der Waals surface area contributed by atoms with Crippen LogP contribution in [0.2, 0.25) is 5.02 Å². The van der Waals surface area contributed by atoms with E-state index in [1.165, 1.54) is 16.7 Å². The van der Waals surface area contributed by atoms with E-state index >= 15 is 0 Å².